The Morgan fingerprint density at radius 2 is 2.07 bits per heavy atom. The van der Waals surface area contributed by atoms with Crippen LogP contribution in [-0.2, 0) is 0 Å². The first-order chi connectivity index (χ1) is 6.68. The first-order valence-corrected chi connectivity index (χ1v) is 5.39. The van der Waals surface area contributed by atoms with Gasteiger partial charge in [-0.1, -0.05) is 28.2 Å². The van der Waals surface area contributed by atoms with E-state index in [4.69, 9.17) is 11.6 Å². The van der Waals surface area contributed by atoms with Crippen LogP contribution in [0.3, 0.4) is 0 Å². The molecule has 14 heavy (non-hydrogen) atoms. The molecule has 0 saturated carbocycles. The minimum atomic E-state index is 0.737. The molecule has 1 aromatic carbocycles. The molecule has 0 spiro atoms. The molecule has 72 valence electrons. The van der Waals surface area contributed by atoms with Crippen LogP contribution in [-0.4, -0.2) is 9.59 Å². The van der Waals surface area contributed by atoms with Crippen molar-refractivity contribution in [3.05, 3.63) is 33.7 Å². The Morgan fingerprint density at radius 3 is 2.64 bits per heavy atom. The zero-order valence-corrected chi connectivity index (χ0v) is 9.49. The molecule has 0 aliphatic heterocycles. The van der Waals surface area contributed by atoms with E-state index in [1.165, 1.54) is 11.5 Å². The number of halogens is 1. The Morgan fingerprint density at radius 1 is 1.29 bits per heavy atom. The second-order valence-electron chi connectivity index (χ2n) is 3.16. The summed E-state index contributed by atoms with van der Waals surface area (Å²) in [5, 5.41) is 4.80. The maximum Gasteiger partial charge on any atom is 0.110 e. The molecule has 0 bridgehead atoms. The van der Waals surface area contributed by atoms with E-state index in [0.717, 1.165) is 26.7 Å². The van der Waals surface area contributed by atoms with Gasteiger partial charge in [0.15, 0.2) is 0 Å². The third-order valence-corrected chi connectivity index (χ3v) is 2.97. The molecule has 1 heterocycles. The summed E-state index contributed by atoms with van der Waals surface area (Å²) in [5.74, 6) is 0. The molecule has 0 unspecified atom stereocenters. The number of hydrogen-bond acceptors (Lipinski definition) is 3. The van der Waals surface area contributed by atoms with Crippen LogP contribution >= 0.6 is 23.1 Å². The quantitative estimate of drug-likeness (QED) is 0.741. The van der Waals surface area contributed by atoms with Gasteiger partial charge >= 0.3 is 0 Å². The van der Waals surface area contributed by atoms with Crippen molar-refractivity contribution >= 4 is 23.1 Å². The molecule has 0 aliphatic carbocycles. The molecule has 0 aliphatic rings. The SMILES string of the molecule is Cc1ccc(-c2nnsc2C)c(Cl)c1. The molecule has 0 saturated heterocycles. The molecule has 0 radical (unpaired) electrons. The molecule has 2 aromatic rings. The lowest BCUT2D eigenvalue weighted by Crippen LogP contribution is -1.83. The fourth-order valence-corrected chi connectivity index (χ4v) is 2.10. The highest BCUT2D eigenvalue weighted by Crippen LogP contribution is 2.30. The monoisotopic (exact) mass is 224 g/mol. The third-order valence-electron chi connectivity index (χ3n) is 2.03. The zero-order chi connectivity index (χ0) is 10.1. The smallest absolute Gasteiger partial charge is 0.110 e. The summed E-state index contributed by atoms with van der Waals surface area (Å²) >= 11 is 7.52. The van der Waals surface area contributed by atoms with E-state index in [1.54, 1.807) is 0 Å². The Balaban J connectivity index is 2.58. The lowest BCUT2D eigenvalue weighted by Gasteiger charge is -2.02. The fourth-order valence-electron chi connectivity index (χ4n) is 1.29. The van der Waals surface area contributed by atoms with E-state index in [0.29, 0.717) is 0 Å². The molecule has 0 atom stereocenters. The van der Waals surface area contributed by atoms with E-state index >= 15 is 0 Å². The minimum absolute atomic E-state index is 0.737. The number of hydrogen-bond donors (Lipinski definition) is 0. The molecule has 0 amide bonds. The van der Waals surface area contributed by atoms with Crippen molar-refractivity contribution in [1.82, 2.24) is 9.59 Å². The number of rotatable bonds is 1. The predicted molar refractivity (Wildman–Crippen MR) is 59.8 cm³/mol. The van der Waals surface area contributed by atoms with E-state index in [9.17, 15) is 0 Å². The molecular weight excluding hydrogens is 216 g/mol. The summed E-state index contributed by atoms with van der Waals surface area (Å²) in [6.45, 7) is 4.01. The highest BCUT2D eigenvalue weighted by atomic mass is 35.5. The topological polar surface area (TPSA) is 25.8 Å². The molecule has 2 nitrogen and oxygen atoms in total. The van der Waals surface area contributed by atoms with Gasteiger partial charge in [0.1, 0.15) is 5.69 Å². The van der Waals surface area contributed by atoms with Gasteiger partial charge in [0, 0.05) is 5.56 Å². The number of nitrogens with zero attached hydrogens (tertiary/aromatic N) is 2. The van der Waals surface area contributed by atoms with Crippen LogP contribution in [0.15, 0.2) is 18.2 Å². The Kier molecular flexibility index (Phi) is 2.52. The number of aryl methyl sites for hydroxylation is 2. The maximum atomic E-state index is 6.13. The summed E-state index contributed by atoms with van der Waals surface area (Å²) in [5.41, 5.74) is 3.00. The van der Waals surface area contributed by atoms with Crippen LogP contribution in [0.5, 0.6) is 0 Å². The van der Waals surface area contributed by atoms with E-state index < -0.39 is 0 Å². The Labute approximate surface area is 91.7 Å². The predicted octanol–water partition coefficient (Wildman–Crippen LogP) is 3.48. The number of benzene rings is 1. The summed E-state index contributed by atoms with van der Waals surface area (Å²) < 4.78 is 3.89. The first kappa shape index (κ1) is 9.62. The minimum Gasteiger partial charge on any atom is -0.138 e. The van der Waals surface area contributed by atoms with Crippen molar-refractivity contribution in [2.45, 2.75) is 13.8 Å². The van der Waals surface area contributed by atoms with Crippen molar-refractivity contribution < 1.29 is 0 Å². The van der Waals surface area contributed by atoms with Crippen LogP contribution in [0.4, 0.5) is 0 Å². The normalized spacial score (nSPS) is 10.5. The van der Waals surface area contributed by atoms with Crippen LogP contribution in [0.1, 0.15) is 10.4 Å². The van der Waals surface area contributed by atoms with Crippen LogP contribution < -0.4 is 0 Å². The average Bonchev–Trinajstić information content (AvgIpc) is 2.52. The highest BCUT2D eigenvalue weighted by Gasteiger charge is 2.09. The fraction of sp³-hybridized carbons (Fsp3) is 0.200. The van der Waals surface area contributed by atoms with Gasteiger partial charge in [0.25, 0.3) is 0 Å². The van der Waals surface area contributed by atoms with Crippen molar-refractivity contribution in [3.8, 4) is 11.3 Å². The van der Waals surface area contributed by atoms with Gasteiger partial charge in [0.2, 0.25) is 0 Å². The summed E-state index contributed by atoms with van der Waals surface area (Å²) in [6, 6.07) is 5.96. The molecule has 4 heteroatoms. The first-order valence-electron chi connectivity index (χ1n) is 4.24. The van der Waals surface area contributed by atoms with Gasteiger partial charge in [-0.25, -0.2) is 0 Å². The van der Waals surface area contributed by atoms with Crippen molar-refractivity contribution in [2.75, 3.05) is 0 Å². The van der Waals surface area contributed by atoms with Gasteiger partial charge in [-0.05, 0) is 37.0 Å². The third kappa shape index (κ3) is 1.65. The van der Waals surface area contributed by atoms with Gasteiger partial charge < -0.3 is 0 Å². The molecular formula is C10H9ClN2S. The lowest BCUT2D eigenvalue weighted by atomic mass is 10.1. The van der Waals surface area contributed by atoms with Crippen molar-refractivity contribution in [3.63, 3.8) is 0 Å². The molecule has 0 fully saturated rings. The molecule has 2 rings (SSSR count). The molecule has 0 N–H and O–H groups in total. The van der Waals surface area contributed by atoms with Gasteiger partial charge in [-0.3, -0.25) is 0 Å². The van der Waals surface area contributed by atoms with Gasteiger partial charge in [-0.15, -0.1) is 5.10 Å². The van der Waals surface area contributed by atoms with Crippen molar-refractivity contribution in [2.24, 2.45) is 0 Å². The van der Waals surface area contributed by atoms with Crippen molar-refractivity contribution in [1.29, 1.82) is 0 Å². The van der Waals surface area contributed by atoms with E-state index in [1.807, 2.05) is 32.0 Å². The largest absolute Gasteiger partial charge is 0.138 e. The Hall–Kier alpha value is -0.930. The van der Waals surface area contributed by atoms with Crippen LogP contribution in [0, 0.1) is 13.8 Å². The summed E-state index contributed by atoms with van der Waals surface area (Å²) in [4.78, 5) is 1.09. The molecule has 1 aromatic heterocycles. The second kappa shape index (κ2) is 3.67. The van der Waals surface area contributed by atoms with E-state index in [2.05, 4.69) is 9.59 Å². The second-order valence-corrected chi connectivity index (χ2v) is 4.53. The van der Waals surface area contributed by atoms with Crippen LogP contribution in [0.25, 0.3) is 11.3 Å². The average molecular weight is 225 g/mol. The number of aromatic nitrogens is 2. The van der Waals surface area contributed by atoms with Gasteiger partial charge in [-0.2, -0.15) is 0 Å². The lowest BCUT2D eigenvalue weighted by molar-refractivity contribution is 1.15. The Bertz CT molecular complexity index is 465. The summed E-state index contributed by atoms with van der Waals surface area (Å²) in [6.07, 6.45) is 0. The summed E-state index contributed by atoms with van der Waals surface area (Å²) in [7, 11) is 0. The standard InChI is InChI=1S/C10H9ClN2S/c1-6-3-4-8(9(11)5-6)10-7(2)14-13-12-10/h3-5H,1-2H3. The van der Waals surface area contributed by atoms with E-state index in [-0.39, 0.29) is 0 Å². The maximum absolute atomic E-state index is 6.13. The van der Waals surface area contributed by atoms with Gasteiger partial charge in [0.05, 0.1) is 9.90 Å². The van der Waals surface area contributed by atoms with Crippen LogP contribution in [0.2, 0.25) is 5.02 Å². The zero-order valence-electron chi connectivity index (χ0n) is 7.91. The highest BCUT2D eigenvalue weighted by molar-refractivity contribution is 7.05.